The Hall–Kier alpha value is -3.00. The Morgan fingerprint density at radius 2 is 1.60 bits per heavy atom. The predicted molar refractivity (Wildman–Crippen MR) is 121 cm³/mol. The molecule has 1 aliphatic heterocycles. The van der Waals surface area contributed by atoms with Gasteiger partial charge in [-0.1, -0.05) is 53.2 Å². The molecule has 1 aromatic heterocycles. The molecule has 0 unspecified atom stereocenters. The van der Waals surface area contributed by atoms with Crippen molar-refractivity contribution in [2.24, 2.45) is 0 Å². The standard InChI is InChI=1S/C24H19Cl2N3O/c25-20-9-10-22(26)21(16-20)24(30)29-14-12-28(13-15-29)23-11-8-19(17-27-23)7-6-18-4-2-1-3-5-18/h1-5,8-11,16-17H,12-15H2. The number of pyridine rings is 1. The largest absolute Gasteiger partial charge is 0.353 e. The Morgan fingerprint density at radius 1 is 0.867 bits per heavy atom. The van der Waals surface area contributed by atoms with Crippen LogP contribution in [0.4, 0.5) is 5.82 Å². The van der Waals surface area contributed by atoms with Gasteiger partial charge in [0, 0.05) is 48.5 Å². The fourth-order valence-corrected chi connectivity index (χ4v) is 3.65. The number of aromatic nitrogens is 1. The lowest BCUT2D eigenvalue weighted by Crippen LogP contribution is -2.49. The molecule has 0 N–H and O–H groups in total. The molecule has 1 aliphatic rings. The highest BCUT2D eigenvalue weighted by atomic mass is 35.5. The Labute approximate surface area is 186 Å². The number of hydrogen-bond donors (Lipinski definition) is 0. The van der Waals surface area contributed by atoms with Crippen LogP contribution in [-0.2, 0) is 0 Å². The first-order valence-electron chi connectivity index (χ1n) is 9.62. The molecule has 3 aromatic rings. The van der Waals surface area contributed by atoms with Crippen LogP contribution < -0.4 is 4.90 Å². The average Bonchev–Trinajstić information content (AvgIpc) is 2.80. The maximum Gasteiger partial charge on any atom is 0.255 e. The summed E-state index contributed by atoms with van der Waals surface area (Å²) in [5, 5.41) is 0.918. The predicted octanol–water partition coefficient (Wildman–Crippen LogP) is 4.75. The number of rotatable bonds is 2. The highest BCUT2D eigenvalue weighted by molar-refractivity contribution is 6.35. The lowest BCUT2D eigenvalue weighted by molar-refractivity contribution is 0.0746. The molecule has 0 atom stereocenters. The number of halogens is 2. The van der Waals surface area contributed by atoms with Crippen molar-refractivity contribution in [3.05, 3.63) is 93.6 Å². The van der Waals surface area contributed by atoms with Crippen molar-refractivity contribution in [3.8, 4) is 11.8 Å². The molecule has 4 nitrogen and oxygen atoms in total. The second-order valence-corrected chi connectivity index (χ2v) is 7.77. The number of piperazine rings is 1. The van der Waals surface area contributed by atoms with E-state index >= 15 is 0 Å². The van der Waals surface area contributed by atoms with Gasteiger partial charge in [-0.05, 0) is 42.5 Å². The quantitative estimate of drug-likeness (QED) is 0.544. The number of nitrogens with zero attached hydrogens (tertiary/aromatic N) is 3. The molecule has 0 aliphatic carbocycles. The van der Waals surface area contributed by atoms with E-state index in [0.717, 1.165) is 16.9 Å². The lowest BCUT2D eigenvalue weighted by atomic mass is 10.1. The van der Waals surface area contributed by atoms with Gasteiger partial charge >= 0.3 is 0 Å². The zero-order chi connectivity index (χ0) is 20.9. The maximum absolute atomic E-state index is 12.8. The lowest BCUT2D eigenvalue weighted by Gasteiger charge is -2.35. The Kier molecular flexibility index (Phi) is 6.23. The first-order valence-corrected chi connectivity index (χ1v) is 10.4. The van der Waals surface area contributed by atoms with E-state index in [9.17, 15) is 4.79 Å². The minimum absolute atomic E-state index is 0.0957. The first kappa shape index (κ1) is 20.3. The van der Waals surface area contributed by atoms with Crippen LogP contribution in [0.25, 0.3) is 0 Å². The number of benzene rings is 2. The molecule has 2 heterocycles. The molecule has 1 amide bonds. The van der Waals surface area contributed by atoms with Gasteiger partial charge in [0.25, 0.3) is 5.91 Å². The van der Waals surface area contributed by atoms with Crippen LogP contribution in [0.3, 0.4) is 0 Å². The van der Waals surface area contributed by atoms with Gasteiger partial charge in [-0.2, -0.15) is 0 Å². The van der Waals surface area contributed by atoms with Crippen molar-refractivity contribution >= 4 is 34.9 Å². The highest BCUT2D eigenvalue weighted by Crippen LogP contribution is 2.23. The van der Waals surface area contributed by atoms with Gasteiger partial charge in [-0.25, -0.2) is 4.98 Å². The zero-order valence-electron chi connectivity index (χ0n) is 16.2. The van der Waals surface area contributed by atoms with E-state index in [-0.39, 0.29) is 5.91 Å². The smallest absolute Gasteiger partial charge is 0.255 e. The monoisotopic (exact) mass is 435 g/mol. The Morgan fingerprint density at radius 3 is 2.30 bits per heavy atom. The van der Waals surface area contributed by atoms with Crippen LogP contribution >= 0.6 is 23.2 Å². The maximum atomic E-state index is 12.8. The summed E-state index contributed by atoms with van der Waals surface area (Å²) in [6.45, 7) is 2.59. The highest BCUT2D eigenvalue weighted by Gasteiger charge is 2.24. The van der Waals surface area contributed by atoms with Crippen molar-refractivity contribution in [1.82, 2.24) is 9.88 Å². The van der Waals surface area contributed by atoms with E-state index in [1.807, 2.05) is 42.5 Å². The first-order chi connectivity index (χ1) is 14.6. The summed E-state index contributed by atoms with van der Waals surface area (Å²) >= 11 is 12.2. The SMILES string of the molecule is O=C(c1cc(Cl)ccc1Cl)N1CCN(c2ccc(C#Cc3ccccc3)cn2)CC1. The molecule has 0 bridgehead atoms. The van der Waals surface area contributed by atoms with Gasteiger partial charge in [0.2, 0.25) is 0 Å². The third-order valence-corrected chi connectivity index (χ3v) is 5.49. The fourth-order valence-electron chi connectivity index (χ4n) is 3.28. The molecule has 30 heavy (non-hydrogen) atoms. The third kappa shape index (κ3) is 4.76. The molecular weight excluding hydrogens is 417 g/mol. The minimum Gasteiger partial charge on any atom is -0.353 e. The van der Waals surface area contributed by atoms with E-state index in [2.05, 4.69) is 21.7 Å². The molecule has 6 heteroatoms. The molecule has 0 saturated carbocycles. The van der Waals surface area contributed by atoms with Crippen LogP contribution in [0.1, 0.15) is 21.5 Å². The second kappa shape index (κ2) is 9.21. The van der Waals surface area contributed by atoms with Crippen LogP contribution in [0.15, 0.2) is 66.9 Å². The van der Waals surface area contributed by atoms with E-state index in [4.69, 9.17) is 23.2 Å². The van der Waals surface area contributed by atoms with Crippen molar-refractivity contribution in [2.45, 2.75) is 0 Å². The molecule has 2 aromatic carbocycles. The van der Waals surface area contributed by atoms with Crippen molar-refractivity contribution < 1.29 is 4.79 Å². The normalized spacial score (nSPS) is 13.5. The number of carbonyl (C=O) groups excluding carboxylic acids is 1. The van der Waals surface area contributed by atoms with Crippen molar-refractivity contribution in [3.63, 3.8) is 0 Å². The van der Waals surface area contributed by atoms with Crippen molar-refractivity contribution in [2.75, 3.05) is 31.1 Å². The summed E-state index contributed by atoms with van der Waals surface area (Å²) in [5.74, 6) is 7.05. The van der Waals surface area contributed by atoms with E-state index in [1.54, 1.807) is 29.3 Å². The third-order valence-electron chi connectivity index (χ3n) is 4.92. The van der Waals surface area contributed by atoms with E-state index < -0.39 is 0 Å². The summed E-state index contributed by atoms with van der Waals surface area (Å²) in [4.78, 5) is 21.3. The molecule has 1 fully saturated rings. The molecule has 1 saturated heterocycles. The molecule has 0 radical (unpaired) electrons. The summed E-state index contributed by atoms with van der Waals surface area (Å²) in [6, 6.07) is 18.8. The van der Waals surface area contributed by atoms with Gasteiger partial charge in [0.15, 0.2) is 0 Å². The summed E-state index contributed by atoms with van der Waals surface area (Å²) < 4.78 is 0. The molecular formula is C24H19Cl2N3O. The molecule has 0 spiro atoms. The number of hydrogen-bond acceptors (Lipinski definition) is 3. The number of amides is 1. The fraction of sp³-hybridized carbons (Fsp3) is 0.167. The van der Waals surface area contributed by atoms with Gasteiger partial charge in [0.05, 0.1) is 10.6 Å². The molecule has 150 valence electrons. The Balaban J connectivity index is 1.38. The Bertz CT molecular complexity index is 1100. The average molecular weight is 436 g/mol. The summed E-state index contributed by atoms with van der Waals surface area (Å²) in [6.07, 6.45) is 1.79. The van der Waals surface area contributed by atoms with Gasteiger partial charge in [-0.15, -0.1) is 0 Å². The minimum atomic E-state index is -0.0957. The van der Waals surface area contributed by atoms with E-state index in [1.165, 1.54) is 0 Å². The summed E-state index contributed by atoms with van der Waals surface area (Å²) in [5.41, 5.74) is 2.28. The van der Waals surface area contributed by atoms with Crippen LogP contribution in [0, 0.1) is 11.8 Å². The van der Waals surface area contributed by atoms with Gasteiger partial charge in [-0.3, -0.25) is 4.79 Å². The van der Waals surface area contributed by atoms with Crippen LogP contribution in [-0.4, -0.2) is 42.0 Å². The summed E-state index contributed by atoms with van der Waals surface area (Å²) in [7, 11) is 0. The van der Waals surface area contributed by atoms with Crippen molar-refractivity contribution in [1.29, 1.82) is 0 Å². The van der Waals surface area contributed by atoms with Crippen LogP contribution in [0.2, 0.25) is 10.0 Å². The molecule has 4 rings (SSSR count). The second-order valence-electron chi connectivity index (χ2n) is 6.92. The van der Waals surface area contributed by atoms with E-state index in [0.29, 0.717) is 41.8 Å². The van der Waals surface area contributed by atoms with Crippen LogP contribution in [0.5, 0.6) is 0 Å². The number of anilines is 1. The number of carbonyl (C=O) groups is 1. The zero-order valence-corrected chi connectivity index (χ0v) is 17.7. The topological polar surface area (TPSA) is 36.4 Å². The van der Waals surface area contributed by atoms with Gasteiger partial charge in [0.1, 0.15) is 5.82 Å². The van der Waals surface area contributed by atoms with Gasteiger partial charge < -0.3 is 9.80 Å².